The molecule has 3 heteroatoms. The van der Waals surface area contributed by atoms with Crippen molar-refractivity contribution in [3.63, 3.8) is 0 Å². The van der Waals surface area contributed by atoms with Crippen LogP contribution in [-0.2, 0) is 6.54 Å². The summed E-state index contributed by atoms with van der Waals surface area (Å²) in [5.74, 6) is 2.42. The third-order valence-electron chi connectivity index (χ3n) is 3.43. The minimum Gasteiger partial charge on any atom is -0.490 e. The summed E-state index contributed by atoms with van der Waals surface area (Å²) in [6.07, 6.45) is 3.50. The predicted molar refractivity (Wildman–Crippen MR) is 71.9 cm³/mol. The first-order valence-corrected chi connectivity index (χ1v) is 6.72. The fourth-order valence-corrected chi connectivity index (χ4v) is 2.46. The number of furan rings is 1. The van der Waals surface area contributed by atoms with Crippen LogP contribution < -0.4 is 10.5 Å². The van der Waals surface area contributed by atoms with Crippen LogP contribution in [0.15, 0.2) is 22.6 Å². The Morgan fingerprint density at radius 3 is 2.89 bits per heavy atom. The van der Waals surface area contributed by atoms with Crippen molar-refractivity contribution in [2.24, 2.45) is 5.73 Å². The van der Waals surface area contributed by atoms with Gasteiger partial charge >= 0.3 is 0 Å². The molecule has 0 aliphatic heterocycles. The van der Waals surface area contributed by atoms with Crippen molar-refractivity contribution in [2.45, 2.75) is 38.6 Å². The summed E-state index contributed by atoms with van der Waals surface area (Å²) in [5, 5.41) is 1.19. The lowest BCUT2D eigenvalue weighted by Crippen LogP contribution is -1.97. The average molecular weight is 245 g/mol. The smallest absolute Gasteiger partial charge is 0.176 e. The van der Waals surface area contributed by atoms with Crippen molar-refractivity contribution in [1.82, 2.24) is 0 Å². The topological polar surface area (TPSA) is 48.4 Å². The molecule has 1 aliphatic rings. The van der Waals surface area contributed by atoms with Crippen molar-refractivity contribution < 1.29 is 9.15 Å². The number of ether oxygens (including phenoxy) is 1. The largest absolute Gasteiger partial charge is 0.490 e. The van der Waals surface area contributed by atoms with E-state index in [-0.39, 0.29) is 0 Å². The summed E-state index contributed by atoms with van der Waals surface area (Å²) in [6, 6.07) is 6.12. The highest BCUT2D eigenvalue weighted by atomic mass is 16.5. The third kappa shape index (κ3) is 1.89. The van der Waals surface area contributed by atoms with Gasteiger partial charge < -0.3 is 14.9 Å². The first-order valence-electron chi connectivity index (χ1n) is 6.72. The lowest BCUT2D eigenvalue weighted by Gasteiger charge is -2.04. The van der Waals surface area contributed by atoms with Crippen LogP contribution in [0.5, 0.6) is 5.75 Å². The Hall–Kier alpha value is -1.48. The molecule has 2 aromatic rings. The second-order valence-electron chi connectivity index (χ2n) is 4.90. The van der Waals surface area contributed by atoms with E-state index >= 15 is 0 Å². The lowest BCUT2D eigenvalue weighted by molar-refractivity contribution is 0.315. The van der Waals surface area contributed by atoms with E-state index in [9.17, 15) is 0 Å². The minimum absolute atomic E-state index is 0.466. The van der Waals surface area contributed by atoms with Crippen LogP contribution in [0.3, 0.4) is 0 Å². The van der Waals surface area contributed by atoms with Crippen LogP contribution in [0.25, 0.3) is 11.0 Å². The Morgan fingerprint density at radius 2 is 2.22 bits per heavy atom. The highest BCUT2D eigenvalue weighted by Gasteiger charge is 2.31. The molecule has 1 aromatic carbocycles. The quantitative estimate of drug-likeness (QED) is 0.876. The van der Waals surface area contributed by atoms with Gasteiger partial charge in [-0.3, -0.25) is 0 Å². The fourth-order valence-electron chi connectivity index (χ4n) is 2.46. The van der Waals surface area contributed by atoms with Gasteiger partial charge in [-0.1, -0.05) is 19.1 Å². The summed E-state index contributed by atoms with van der Waals surface area (Å²) in [7, 11) is 0. The third-order valence-corrected chi connectivity index (χ3v) is 3.43. The zero-order valence-electron chi connectivity index (χ0n) is 10.7. The van der Waals surface area contributed by atoms with Gasteiger partial charge in [-0.15, -0.1) is 0 Å². The molecule has 1 fully saturated rings. The second-order valence-corrected chi connectivity index (χ2v) is 4.90. The van der Waals surface area contributed by atoms with Gasteiger partial charge in [0, 0.05) is 10.9 Å². The molecular weight excluding hydrogens is 226 g/mol. The van der Waals surface area contributed by atoms with Gasteiger partial charge in [0.05, 0.1) is 13.2 Å². The van der Waals surface area contributed by atoms with E-state index in [4.69, 9.17) is 14.9 Å². The van der Waals surface area contributed by atoms with Gasteiger partial charge in [-0.05, 0) is 31.2 Å². The lowest BCUT2D eigenvalue weighted by atomic mass is 10.1. The number of benzene rings is 1. The van der Waals surface area contributed by atoms with Crippen molar-refractivity contribution in [3.05, 3.63) is 29.5 Å². The van der Waals surface area contributed by atoms with Crippen LogP contribution in [-0.4, -0.2) is 6.61 Å². The molecule has 1 aromatic heterocycles. The number of fused-ring (bicyclic) bond motifs is 1. The molecule has 18 heavy (non-hydrogen) atoms. The van der Waals surface area contributed by atoms with Crippen molar-refractivity contribution in [2.75, 3.05) is 6.61 Å². The van der Waals surface area contributed by atoms with E-state index in [1.807, 2.05) is 12.1 Å². The molecule has 0 bridgehead atoms. The highest BCUT2D eigenvalue weighted by molar-refractivity contribution is 5.88. The molecule has 0 spiro atoms. The summed E-state index contributed by atoms with van der Waals surface area (Å²) in [4.78, 5) is 0. The number of nitrogens with two attached hydrogens (primary N) is 1. The first-order chi connectivity index (χ1) is 8.85. The Labute approximate surface area is 107 Å². The summed E-state index contributed by atoms with van der Waals surface area (Å²) in [5.41, 5.74) is 7.98. The second kappa shape index (κ2) is 4.65. The molecule has 1 saturated carbocycles. The number of hydrogen-bond donors (Lipinski definition) is 1. The molecule has 1 aliphatic carbocycles. The van der Waals surface area contributed by atoms with Crippen LogP contribution in [0.1, 0.15) is 43.4 Å². The molecule has 96 valence electrons. The van der Waals surface area contributed by atoms with E-state index < -0.39 is 0 Å². The van der Waals surface area contributed by atoms with E-state index in [2.05, 4.69) is 13.0 Å². The Morgan fingerprint density at radius 1 is 1.39 bits per heavy atom. The first kappa shape index (κ1) is 11.6. The zero-order valence-corrected chi connectivity index (χ0v) is 10.7. The maximum Gasteiger partial charge on any atom is 0.176 e. The summed E-state index contributed by atoms with van der Waals surface area (Å²) in [6.45, 7) is 3.29. The number of para-hydroxylation sites is 1. The maximum absolute atomic E-state index is 5.93. The number of hydrogen-bond acceptors (Lipinski definition) is 3. The predicted octanol–water partition coefficient (Wildman–Crippen LogP) is 3.56. The SMILES string of the molecule is CCCOc1cccc2c(C3CC3)c(CN)oc12. The van der Waals surface area contributed by atoms with Gasteiger partial charge in [-0.2, -0.15) is 0 Å². The number of rotatable bonds is 5. The van der Waals surface area contributed by atoms with Crippen LogP contribution >= 0.6 is 0 Å². The molecule has 3 nitrogen and oxygen atoms in total. The molecule has 0 unspecified atom stereocenters. The monoisotopic (exact) mass is 245 g/mol. The van der Waals surface area contributed by atoms with Gasteiger partial charge in [0.1, 0.15) is 5.76 Å². The molecule has 0 amide bonds. The van der Waals surface area contributed by atoms with Gasteiger partial charge in [0.15, 0.2) is 11.3 Å². The van der Waals surface area contributed by atoms with E-state index in [0.29, 0.717) is 12.5 Å². The average Bonchev–Trinajstić information content (AvgIpc) is 3.16. The van der Waals surface area contributed by atoms with Crippen molar-refractivity contribution >= 4 is 11.0 Å². The molecule has 1 heterocycles. The minimum atomic E-state index is 0.466. The summed E-state index contributed by atoms with van der Waals surface area (Å²) >= 11 is 0. The normalized spacial score (nSPS) is 15.2. The molecule has 3 rings (SSSR count). The molecule has 0 atom stereocenters. The standard InChI is InChI=1S/C15H19NO2/c1-2-8-17-12-5-3-4-11-14(10-6-7-10)13(9-16)18-15(11)12/h3-5,10H,2,6-9,16H2,1H3. The van der Waals surface area contributed by atoms with E-state index in [0.717, 1.165) is 30.1 Å². The van der Waals surface area contributed by atoms with Crippen LogP contribution in [0.4, 0.5) is 0 Å². The van der Waals surface area contributed by atoms with Crippen molar-refractivity contribution in [3.8, 4) is 5.75 Å². The molecule has 0 radical (unpaired) electrons. The van der Waals surface area contributed by atoms with Gasteiger partial charge in [0.25, 0.3) is 0 Å². The zero-order chi connectivity index (χ0) is 12.5. The highest BCUT2D eigenvalue weighted by Crippen LogP contribution is 2.47. The van der Waals surface area contributed by atoms with E-state index in [1.165, 1.54) is 23.8 Å². The fraction of sp³-hybridized carbons (Fsp3) is 0.467. The molecular formula is C15H19NO2. The van der Waals surface area contributed by atoms with Crippen LogP contribution in [0, 0.1) is 0 Å². The maximum atomic E-state index is 5.93. The Kier molecular flexibility index (Phi) is 3.00. The Bertz CT molecular complexity index is 555. The summed E-state index contributed by atoms with van der Waals surface area (Å²) < 4.78 is 11.7. The molecule has 0 saturated heterocycles. The van der Waals surface area contributed by atoms with Crippen molar-refractivity contribution in [1.29, 1.82) is 0 Å². The van der Waals surface area contributed by atoms with Gasteiger partial charge in [0.2, 0.25) is 0 Å². The molecule has 2 N–H and O–H groups in total. The Balaban J connectivity index is 2.10. The van der Waals surface area contributed by atoms with E-state index in [1.54, 1.807) is 0 Å². The van der Waals surface area contributed by atoms with Crippen LogP contribution in [0.2, 0.25) is 0 Å². The van der Waals surface area contributed by atoms with Gasteiger partial charge in [-0.25, -0.2) is 0 Å².